The van der Waals surface area contributed by atoms with E-state index in [4.69, 9.17) is 18.9 Å². The third-order valence-electron chi connectivity index (χ3n) is 4.58. The number of aromatic amines is 1. The maximum absolute atomic E-state index is 5.48. The Labute approximate surface area is 150 Å². The Bertz CT molecular complexity index is 969. The van der Waals surface area contributed by atoms with Crippen LogP contribution in [0.3, 0.4) is 0 Å². The number of nitrogens with one attached hydrogen (secondary N) is 1. The van der Waals surface area contributed by atoms with E-state index in [0.717, 1.165) is 45.5 Å². The minimum absolute atomic E-state index is 0.265. The number of hydrogen-bond acceptors (Lipinski definition) is 6. The van der Waals surface area contributed by atoms with Crippen LogP contribution >= 0.6 is 0 Å². The van der Waals surface area contributed by atoms with E-state index >= 15 is 0 Å². The number of hydrogen-bond donors (Lipinski definition) is 1. The number of ether oxygens (including phenoxy) is 4. The van der Waals surface area contributed by atoms with Crippen LogP contribution in [0.5, 0.6) is 23.0 Å². The van der Waals surface area contributed by atoms with E-state index in [0.29, 0.717) is 6.54 Å². The van der Waals surface area contributed by atoms with Crippen LogP contribution in [0.1, 0.15) is 5.56 Å². The molecule has 0 saturated carbocycles. The molecule has 0 spiro atoms. The molecule has 0 unspecified atom stereocenters. The number of anilines is 1. The van der Waals surface area contributed by atoms with Gasteiger partial charge >= 0.3 is 0 Å². The summed E-state index contributed by atoms with van der Waals surface area (Å²) < 4.78 is 21.7. The summed E-state index contributed by atoms with van der Waals surface area (Å²) in [6.07, 6.45) is 1.85. The molecule has 2 aliphatic heterocycles. The van der Waals surface area contributed by atoms with E-state index < -0.39 is 0 Å². The Hall–Kier alpha value is -3.35. The van der Waals surface area contributed by atoms with Crippen molar-refractivity contribution in [2.24, 2.45) is 0 Å². The van der Waals surface area contributed by atoms with Gasteiger partial charge in [0.25, 0.3) is 0 Å². The van der Waals surface area contributed by atoms with Gasteiger partial charge in [-0.3, -0.25) is 5.10 Å². The highest BCUT2D eigenvalue weighted by molar-refractivity contribution is 5.67. The van der Waals surface area contributed by atoms with E-state index in [-0.39, 0.29) is 13.6 Å². The fourth-order valence-electron chi connectivity index (χ4n) is 3.20. The third-order valence-corrected chi connectivity index (χ3v) is 4.58. The lowest BCUT2D eigenvalue weighted by Crippen LogP contribution is -2.16. The quantitative estimate of drug-likeness (QED) is 0.779. The highest BCUT2D eigenvalue weighted by Crippen LogP contribution is 2.37. The zero-order chi connectivity index (χ0) is 17.5. The van der Waals surface area contributed by atoms with E-state index in [1.54, 1.807) is 0 Å². The SMILES string of the molecule is CN(Cc1cn[nH]c1-c1ccc2c(c1)OCO2)c1ccc2c(c1)OCO2. The van der Waals surface area contributed by atoms with Gasteiger partial charge in [-0.05, 0) is 30.3 Å². The van der Waals surface area contributed by atoms with Gasteiger partial charge in [0.1, 0.15) is 0 Å². The summed E-state index contributed by atoms with van der Waals surface area (Å²) in [6, 6.07) is 11.8. The first-order chi connectivity index (χ1) is 12.8. The second-order valence-corrected chi connectivity index (χ2v) is 6.23. The van der Waals surface area contributed by atoms with Gasteiger partial charge < -0.3 is 23.8 Å². The summed E-state index contributed by atoms with van der Waals surface area (Å²) in [6.45, 7) is 1.24. The minimum atomic E-state index is 0.265. The van der Waals surface area contributed by atoms with Gasteiger partial charge in [-0.2, -0.15) is 5.10 Å². The molecule has 0 fully saturated rings. The number of benzene rings is 2. The van der Waals surface area contributed by atoms with Crippen LogP contribution in [0.15, 0.2) is 42.6 Å². The Morgan fingerprint density at radius 3 is 2.42 bits per heavy atom. The average Bonchev–Trinajstić information content (AvgIpc) is 3.40. The van der Waals surface area contributed by atoms with E-state index in [9.17, 15) is 0 Å². The minimum Gasteiger partial charge on any atom is -0.454 e. The summed E-state index contributed by atoms with van der Waals surface area (Å²) in [5, 5.41) is 7.32. The van der Waals surface area contributed by atoms with Crippen LogP contribution in [-0.2, 0) is 6.54 Å². The fraction of sp³-hybridized carbons (Fsp3) is 0.211. The maximum atomic E-state index is 5.48. The summed E-state index contributed by atoms with van der Waals surface area (Å²) in [5.74, 6) is 3.09. The summed E-state index contributed by atoms with van der Waals surface area (Å²) in [5.41, 5.74) is 4.12. The van der Waals surface area contributed by atoms with Gasteiger partial charge in [-0.25, -0.2) is 0 Å². The van der Waals surface area contributed by atoms with E-state index in [2.05, 4.69) is 15.1 Å². The molecule has 0 aliphatic carbocycles. The van der Waals surface area contributed by atoms with Crippen LogP contribution in [0, 0.1) is 0 Å². The number of fused-ring (bicyclic) bond motifs is 2. The lowest BCUT2D eigenvalue weighted by atomic mass is 10.1. The lowest BCUT2D eigenvalue weighted by Gasteiger charge is -2.19. The molecule has 2 aliphatic rings. The molecular weight excluding hydrogens is 334 g/mol. The Kier molecular flexibility index (Phi) is 3.38. The van der Waals surface area contributed by atoms with E-state index in [1.165, 1.54) is 0 Å². The molecule has 7 heteroatoms. The van der Waals surface area contributed by atoms with E-state index in [1.807, 2.05) is 49.6 Å². The van der Waals surface area contributed by atoms with Crippen molar-refractivity contribution >= 4 is 5.69 Å². The van der Waals surface area contributed by atoms with Gasteiger partial charge in [0.15, 0.2) is 23.0 Å². The van der Waals surface area contributed by atoms with Crippen LogP contribution in [-0.4, -0.2) is 30.8 Å². The van der Waals surface area contributed by atoms with Crippen molar-refractivity contribution in [2.75, 3.05) is 25.5 Å². The van der Waals surface area contributed by atoms with Crippen molar-refractivity contribution in [3.05, 3.63) is 48.2 Å². The molecule has 0 amide bonds. The monoisotopic (exact) mass is 351 g/mol. The first-order valence-electron chi connectivity index (χ1n) is 8.31. The third kappa shape index (κ3) is 2.48. The molecule has 5 rings (SSSR count). The maximum Gasteiger partial charge on any atom is 0.231 e. The molecule has 0 saturated heterocycles. The number of H-pyrrole nitrogens is 1. The van der Waals surface area contributed by atoms with Crippen molar-refractivity contribution in [2.45, 2.75) is 6.54 Å². The van der Waals surface area contributed by atoms with Crippen LogP contribution in [0.25, 0.3) is 11.3 Å². The highest BCUT2D eigenvalue weighted by Gasteiger charge is 2.18. The van der Waals surface area contributed by atoms with Gasteiger partial charge in [-0.1, -0.05) is 0 Å². The van der Waals surface area contributed by atoms with Crippen molar-refractivity contribution in [1.82, 2.24) is 10.2 Å². The highest BCUT2D eigenvalue weighted by atomic mass is 16.7. The molecule has 0 bridgehead atoms. The van der Waals surface area contributed by atoms with Crippen LogP contribution in [0.2, 0.25) is 0 Å². The zero-order valence-electron chi connectivity index (χ0n) is 14.2. The van der Waals surface area contributed by atoms with Crippen LogP contribution in [0.4, 0.5) is 5.69 Å². The molecule has 2 aromatic carbocycles. The van der Waals surface area contributed by atoms with Crippen molar-refractivity contribution in [3.63, 3.8) is 0 Å². The first kappa shape index (κ1) is 14.9. The molecular formula is C19H17N3O4. The molecule has 0 radical (unpaired) electrons. The van der Waals surface area contributed by atoms with Gasteiger partial charge in [0.2, 0.25) is 13.6 Å². The number of rotatable bonds is 4. The molecule has 132 valence electrons. The number of nitrogens with zero attached hydrogens (tertiary/aromatic N) is 2. The van der Waals surface area contributed by atoms with Gasteiger partial charge in [0.05, 0.1) is 11.9 Å². The topological polar surface area (TPSA) is 68.8 Å². The Morgan fingerprint density at radius 1 is 0.923 bits per heavy atom. The van der Waals surface area contributed by atoms with Crippen LogP contribution < -0.4 is 23.8 Å². The normalized spacial score (nSPS) is 13.9. The number of aromatic nitrogens is 2. The van der Waals surface area contributed by atoms with Gasteiger partial charge in [-0.15, -0.1) is 0 Å². The van der Waals surface area contributed by atoms with Crippen molar-refractivity contribution in [3.8, 4) is 34.3 Å². The second kappa shape index (κ2) is 5.87. The molecule has 3 heterocycles. The molecule has 1 N–H and O–H groups in total. The average molecular weight is 351 g/mol. The summed E-state index contributed by atoms with van der Waals surface area (Å²) in [7, 11) is 2.04. The Morgan fingerprint density at radius 2 is 1.62 bits per heavy atom. The molecule has 7 nitrogen and oxygen atoms in total. The Balaban J connectivity index is 1.41. The fourth-order valence-corrected chi connectivity index (χ4v) is 3.20. The smallest absolute Gasteiger partial charge is 0.231 e. The van der Waals surface area contributed by atoms with Crippen molar-refractivity contribution in [1.29, 1.82) is 0 Å². The summed E-state index contributed by atoms with van der Waals surface area (Å²) in [4.78, 5) is 2.14. The predicted octanol–water partition coefficient (Wildman–Crippen LogP) is 3.17. The molecule has 0 atom stereocenters. The molecule has 1 aromatic heterocycles. The lowest BCUT2D eigenvalue weighted by molar-refractivity contribution is 0.173. The molecule has 26 heavy (non-hydrogen) atoms. The molecule has 3 aromatic rings. The summed E-state index contributed by atoms with van der Waals surface area (Å²) >= 11 is 0. The van der Waals surface area contributed by atoms with Crippen molar-refractivity contribution < 1.29 is 18.9 Å². The largest absolute Gasteiger partial charge is 0.454 e. The zero-order valence-corrected chi connectivity index (χ0v) is 14.2. The predicted molar refractivity (Wildman–Crippen MR) is 94.8 cm³/mol. The first-order valence-corrected chi connectivity index (χ1v) is 8.31. The standard InChI is InChI=1S/C19H17N3O4/c1-22(14-3-5-16-18(7-14)26-11-24-16)9-13-8-20-21-19(13)12-2-4-15-17(6-12)25-10-23-15/h2-8H,9-11H2,1H3,(H,20,21). The second-order valence-electron chi connectivity index (χ2n) is 6.23. The van der Waals surface area contributed by atoms with Gasteiger partial charge in [0, 0.05) is 36.5 Å².